The molecule has 0 saturated carbocycles. The molecule has 0 N–H and O–H groups in total. The highest BCUT2D eigenvalue weighted by Crippen LogP contribution is 2.35. The van der Waals surface area contributed by atoms with Gasteiger partial charge < -0.3 is 0 Å². The molecule has 0 amide bonds. The first-order valence-corrected chi connectivity index (χ1v) is 11.0. The zero-order valence-electron chi connectivity index (χ0n) is 18.2. The highest BCUT2D eigenvalue weighted by atomic mass is 15.5. The second-order valence-electron chi connectivity index (χ2n) is 8.53. The third-order valence-electron chi connectivity index (χ3n) is 6.30. The molecule has 0 aliphatic heterocycles. The lowest BCUT2D eigenvalue weighted by atomic mass is 9.97. The maximum Gasteiger partial charge on any atom is 0.122 e. The molecular weight excluding hydrogens is 390 g/mol. The molecule has 6 rings (SSSR count). The van der Waals surface area contributed by atoms with Gasteiger partial charge in [0.2, 0.25) is 0 Å². The summed E-state index contributed by atoms with van der Waals surface area (Å²) in [6.45, 7) is 4.23. The molecule has 0 aliphatic rings. The summed E-state index contributed by atoms with van der Waals surface area (Å²) >= 11 is 0. The lowest BCUT2D eigenvalue weighted by Crippen LogP contribution is -2.15. The van der Waals surface area contributed by atoms with Crippen LogP contribution in [0.4, 0.5) is 0 Å². The summed E-state index contributed by atoms with van der Waals surface area (Å²) in [6, 6.07) is 34.2. The molecule has 3 heteroatoms. The summed E-state index contributed by atoms with van der Waals surface area (Å²) < 4.78 is 0. The van der Waals surface area contributed by atoms with Crippen LogP contribution < -0.4 is 0 Å². The van der Waals surface area contributed by atoms with Crippen molar-refractivity contribution in [3.8, 4) is 0 Å². The van der Waals surface area contributed by atoms with Crippen LogP contribution in [0.15, 0.2) is 97.1 Å². The Morgan fingerprint density at radius 2 is 0.875 bits per heavy atom. The molecule has 1 heterocycles. The van der Waals surface area contributed by atoms with E-state index in [0.717, 1.165) is 21.8 Å². The normalized spacial score (nSPS) is 11.7. The summed E-state index contributed by atoms with van der Waals surface area (Å²) in [5.41, 5.74) is 6.73. The third-order valence-corrected chi connectivity index (χ3v) is 6.30. The van der Waals surface area contributed by atoms with E-state index in [1.54, 1.807) is 0 Å². The van der Waals surface area contributed by atoms with Crippen LogP contribution in [0.5, 0.6) is 0 Å². The molecule has 3 nitrogen and oxygen atoms in total. The van der Waals surface area contributed by atoms with Crippen LogP contribution in [0.25, 0.3) is 32.6 Å². The first-order chi connectivity index (χ1) is 15.7. The Morgan fingerprint density at radius 3 is 1.28 bits per heavy atom. The Kier molecular flexibility index (Phi) is 4.29. The van der Waals surface area contributed by atoms with Gasteiger partial charge in [-0.1, -0.05) is 108 Å². The van der Waals surface area contributed by atoms with Gasteiger partial charge in [-0.2, -0.15) is 15.0 Å². The molecule has 0 fully saturated rings. The van der Waals surface area contributed by atoms with Crippen LogP contribution in [-0.4, -0.2) is 15.0 Å². The fraction of sp³-hybridized carbons (Fsp3) is 0.103. The summed E-state index contributed by atoms with van der Waals surface area (Å²) in [7, 11) is 0. The second kappa shape index (κ2) is 7.31. The monoisotopic (exact) mass is 413 g/mol. The van der Waals surface area contributed by atoms with E-state index in [0.29, 0.717) is 0 Å². The average Bonchev–Trinajstić information content (AvgIpc) is 3.27. The quantitative estimate of drug-likeness (QED) is 0.293. The van der Waals surface area contributed by atoms with Crippen molar-refractivity contribution >= 4 is 32.6 Å². The molecule has 0 spiro atoms. The Balaban J connectivity index is 1.67. The van der Waals surface area contributed by atoms with Crippen molar-refractivity contribution in [2.45, 2.75) is 19.9 Å². The summed E-state index contributed by atoms with van der Waals surface area (Å²) in [4.78, 5) is 1.90. The number of hydrogen-bond donors (Lipinski definition) is 0. The number of fused-ring (bicyclic) bond motifs is 6. The lowest BCUT2D eigenvalue weighted by Gasteiger charge is -2.18. The van der Waals surface area contributed by atoms with E-state index < -0.39 is 0 Å². The van der Waals surface area contributed by atoms with E-state index in [2.05, 4.69) is 111 Å². The van der Waals surface area contributed by atoms with Gasteiger partial charge in [-0.3, -0.25) is 0 Å². The maximum atomic E-state index is 5.09. The van der Waals surface area contributed by atoms with Gasteiger partial charge in [-0.05, 0) is 35.7 Å². The third kappa shape index (κ3) is 2.97. The molecule has 154 valence electrons. The minimum atomic E-state index is -0.0962. The van der Waals surface area contributed by atoms with Crippen LogP contribution in [-0.2, 0) is 0 Å². The highest BCUT2D eigenvalue weighted by molar-refractivity contribution is 6.22. The second-order valence-corrected chi connectivity index (χ2v) is 8.53. The summed E-state index contributed by atoms with van der Waals surface area (Å²) in [6.07, 6.45) is 0. The molecular formula is C29H23N3. The van der Waals surface area contributed by atoms with E-state index in [1.807, 2.05) is 4.80 Å². The molecule has 0 aliphatic carbocycles. The smallest absolute Gasteiger partial charge is 0.122 e. The zero-order chi connectivity index (χ0) is 21.7. The molecule has 1 aromatic heterocycles. The summed E-state index contributed by atoms with van der Waals surface area (Å²) in [5.74, 6) is 0. The topological polar surface area (TPSA) is 30.7 Å². The minimum absolute atomic E-state index is 0.0962. The van der Waals surface area contributed by atoms with Gasteiger partial charge in [0, 0.05) is 10.8 Å². The Labute approximate surface area is 186 Å². The van der Waals surface area contributed by atoms with Crippen LogP contribution in [0.3, 0.4) is 0 Å². The minimum Gasteiger partial charge on any atom is -0.171 e. The van der Waals surface area contributed by atoms with Gasteiger partial charge in [0.15, 0.2) is 0 Å². The predicted octanol–water partition coefficient (Wildman–Crippen LogP) is 6.99. The first-order valence-electron chi connectivity index (χ1n) is 11.0. The van der Waals surface area contributed by atoms with E-state index in [4.69, 9.17) is 10.2 Å². The van der Waals surface area contributed by atoms with Crippen LogP contribution in [0, 0.1) is 13.8 Å². The van der Waals surface area contributed by atoms with Crippen molar-refractivity contribution in [2.24, 2.45) is 0 Å². The van der Waals surface area contributed by atoms with Crippen molar-refractivity contribution in [3.05, 3.63) is 119 Å². The SMILES string of the molecule is Cc1ccc(C(c2ccc(C)cc2)n2nc3c4ccccc4c4ccccc4c3n2)cc1. The molecule has 0 radical (unpaired) electrons. The van der Waals surface area contributed by atoms with E-state index in [9.17, 15) is 0 Å². The van der Waals surface area contributed by atoms with Gasteiger partial charge >= 0.3 is 0 Å². The van der Waals surface area contributed by atoms with Crippen molar-refractivity contribution in [1.82, 2.24) is 15.0 Å². The Hall–Kier alpha value is -3.98. The predicted molar refractivity (Wildman–Crippen MR) is 132 cm³/mol. The average molecular weight is 414 g/mol. The van der Waals surface area contributed by atoms with Crippen LogP contribution >= 0.6 is 0 Å². The van der Waals surface area contributed by atoms with Crippen molar-refractivity contribution in [1.29, 1.82) is 0 Å². The molecule has 0 bridgehead atoms. The molecule has 0 saturated heterocycles. The van der Waals surface area contributed by atoms with Crippen molar-refractivity contribution in [2.75, 3.05) is 0 Å². The highest BCUT2D eigenvalue weighted by Gasteiger charge is 2.21. The number of rotatable bonds is 3. The van der Waals surface area contributed by atoms with Crippen molar-refractivity contribution < 1.29 is 0 Å². The maximum absolute atomic E-state index is 5.09. The van der Waals surface area contributed by atoms with Crippen LogP contribution in [0.2, 0.25) is 0 Å². The van der Waals surface area contributed by atoms with E-state index in [1.165, 1.54) is 33.0 Å². The fourth-order valence-electron chi connectivity index (χ4n) is 4.61. The fourth-order valence-corrected chi connectivity index (χ4v) is 4.61. The van der Waals surface area contributed by atoms with E-state index >= 15 is 0 Å². The van der Waals surface area contributed by atoms with E-state index in [-0.39, 0.29) is 6.04 Å². The van der Waals surface area contributed by atoms with Gasteiger partial charge in [-0.15, -0.1) is 0 Å². The molecule has 0 unspecified atom stereocenters. The van der Waals surface area contributed by atoms with Gasteiger partial charge in [0.25, 0.3) is 0 Å². The lowest BCUT2D eigenvalue weighted by molar-refractivity contribution is 0.526. The Morgan fingerprint density at radius 1 is 0.500 bits per heavy atom. The largest absolute Gasteiger partial charge is 0.171 e. The number of hydrogen-bond acceptors (Lipinski definition) is 2. The summed E-state index contributed by atoms with van der Waals surface area (Å²) in [5, 5.41) is 14.9. The standard InChI is InChI=1S/C29H23N3/c1-19-11-15-21(16-12-19)29(22-17-13-20(2)14-18-22)32-30-27-25-9-5-3-7-23(25)24-8-4-6-10-26(24)28(27)31-32/h3-18,29H,1-2H3. The first kappa shape index (κ1) is 18.8. The molecule has 5 aromatic carbocycles. The number of aryl methyl sites for hydroxylation is 2. The van der Waals surface area contributed by atoms with Crippen LogP contribution in [0.1, 0.15) is 28.3 Å². The zero-order valence-corrected chi connectivity index (χ0v) is 18.2. The molecule has 32 heavy (non-hydrogen) atoms. The molecule has 6 aromatic rings. The number of benzene rings is 5. The number of nitrogens with zero attached hydrogens (tertiary/aromatic N) is 3. The van der Waals surface area contributed by atoms with Gasteiger partial charge in [0.1, 0.15) is 17.1 Å². The Bertz CT molecular complexity index is 1460. The molecule has 0 atom stereocenters. The van der Waals surface area contributed by atoms with Gasteiger partial charge in [0.05, 0.1) is 0 Å². The van der Waals surface area contributed by atoms with Crippen molar-refractivity contribution in [3.63, 3.8) is 0 Å². The van der Waals surface area contributed by atoms with Gasteiger partial charge in [-0.25, -0.2) is 0 Å². The number of aromatic nitrogens is 3.